The number of hydrogen-bond donors (Lipinski definition) is 0. The van der Waals surface area contributed by atoms with Crippen molar-refractivity contribution in [2.45, 2.75) is 26.5 Å². The van der Waals surface area contributed by atoms with Crippen LogP contribution in [0.3, 0.4) is 0 Å². The van der Waals surface area contributed by atoms with Gasteiger partial charge in [0.15, 0.2) is 18.1 Å². The molecule has 0 saturated carbocycles. The van der Waals surface area contributed by atoms with Crippen LogP contribution in [0.5, 0.6) is 17.2 Å². The highest BCUT2D eigenvalue weighted by Crippen LogP contribution is 2.41. The van der Waals surface area contributed by atoms with Gasteiger partial charge in [0, 0.05) is 5.56 Å². The summed E-state index contributed by atoms with van der Waals surface area (Å²) in [6.45, 7) is 3.11. The number of methoxy groups -OCH3 is 3. The predicted molar refractivity (Wildman–Crippen MR) is 125 cm³/mol. The van der Waals surface area contributed by atoms with Crippen molar-refractivity contribution >= 4 is 17.8 Å². The second-order valence-electron chi connectivity index (χ2n) is 8.24. The number of hydrogen-bond acceptors (Lipinski definition) is 10. The molecular weight excluding hydrogens is 470 g/mol. The van der Waals surface area contributed by atoms with Crippen LogP contribution in [0.2, 0.25) is 0 Å². The van der Waals surface area contributed by atoms with Crippen molar-refractivity contribution in [2.75, 3.05) is 21.3 Å². The first kappa shape index (κ1) is 24.7. The molecule has 4 rings (SSSR count). The molecule has 1 aromatic heterocycles. The van der Waals surface area contributed by atoms with Gasteiger partial charge in [-0.2, -0.15) is 0 Å². The Labute approximate surface area is 206 Å². The topological polar surface area (TPSA) is 130 Å². The van der Waals surface area contributed by atoms with Crippen LogP contribution in [0.15, 0.2) is 40.8 Å². The lowest BCUT2D eigenvalue weighted by Gasteiger charge is -2.27. The molecule has 0 spiro atoms. The Morgan fingerprint density at radius 1 is 0.944 bits per heavy atom. The Morgan fingerprint density at radius 3 is 2.03 bits per heavy atom. The third-order valence-corrected chi connectivity index (χ3v) is 5.69. The van der Waals surface area contributed by atoms with E-state index in [9.17, 15) is 14.4 Å². The van der Waals surface area contributed by atoms with Gasteiger partial charge < -0.3 is 23.4 Å². The predicted octanol–water partition coefficient (Wildman–Crippen LogP) is 3.13. The first-order chi connectivity index (χ1) is 17.3. The van der Waals surface area contributed by atoms with E-state index in [-0.39, 0.29) is 29.5 Å². The molecule has 3 aromatic rings. The van der Waals surface area contributed by atoms with Gasteiger partial charge in [0.2, 0.25) is 11.6 Å². The highest BCUT2D eigenvalue weighted by atomic mass is 16.5. The molecule has 0 N–H and O–H groups in total. The number of ether oxygens (including phenoxy) is 4. The van der Waals surface area contributed by atoms with E-state index >= 15 is 0 Å². The van der Waals surface area contributed by atoms with Crippen molar-refractivity contribution in [3.63, 3.8) is 0 Å². The molecule has 1 atom stereocenters. The normalized spacial score (nSPS) is 13.6. The van der Waals surface area contributed by atoms with Gasteiger partial charge in [-0.3, -0.25) is 14.5 Å². The van der Waals surface area contributed by atoms with Crippen molar-refractivity contribution in [3.8, 4) is 28.7 Å². The van der Waals surface area contributed by atoms with E-state index in [0.29, 0.717) is 22.8 Å². The van der Waals surface area contributed by atoms with Crippen molar-refractivity contribution in [3.05, 3.63) is 53.4 Å². The Kier molecular flexibility index (Phi) is 6.91. The molecule has 1 aliphatic heterocycles. The number of amides is 2. The second kappa shape index (κ2) is 10.1. The van der Waals surface area contributed by atoms with Gasteiger partial charge in [-0.05, 0) is 30.2 Å². The van der Waals surface area contributed by atoms with E-state index in [0.717, 1.165) is 4.90 Å². The van der Waals surface area contributed by atoms with Crippen LogP contribution in [-0.2, 0) is 16.1 Å². The zero-order valence-electron chi connectivity index (χ0n) is 20.4. The highest BCUT2D eigenvalue weighted by molar-refractivity contribution is 6.22. The van der Waals surface area contributed by atoms with Gasteiger partial charge in [0.05, 0.1) is 32.5 Å². The lowest BCUT2D eigenvalue weighted by atomic mass is 10.0. The first-order valence-electron chi connectivity index (χ1n) is 11.1. The minimum atomic E-state index is -1.12. The summed E-state index contributed by atoms with van der Waals surface area (Å²) in [5, 5.41) is 7.93. The summed E-state index contributed by atoms with van der Waals surface area (Å²) in [5.74, 6) is -0.840. The highest BCUT2D eigenvalue weighted by Gasteiger charge is 2.44. The van der Waals surface area contributed by atoms with Gasteiger partial charge in [-0.25, -0.2) is 4.79 Å². The molecule has 11 nitrogen and oxygen atoms in total. The van der Waals surface area contributed by atoms with Crippen molar-refractivity contribution < 1.29 is 37.7 Å². The van der Waals surface area contributed by atoms with Gasteiger partial charge >= 0.3 is 5.97 Å². The standard InChI is InChI=1S/C25H25N3O8/c1-13(2)20(28-23(29)15-8-6-7-9-16(15)24(28)30)25(31)35-12-19-26-27-22(36-19)14-10-17(32-3)21(34-5)18(11-14)33-4/h6-11,13,20H,12H2,1-5H3. The molecule has 2 amide bonds. The summed E-state index contributed by atoms with van der Waals surface area (Å²) in [6.07, 6.45) is 0. The monoisotopic (exact) mass is 495 g/mol. The zero-order valence-corrected chi connectivity index (χ0v) is 20.4. The number of nitrogens with zero attached hydrogens (tertiary/aromatic N) is 3. The van der Waals surface area contributed by atoms with Crippen LogP contribution >= 0.6 is 0 Å². The van der Waals surface area contributed by atoms with E-state index in [1.54, 1.807) is 50.2 Å². The van der Waals surface area contributed by atoms with E-state index in [4.69, 9.17) is 23.4 Å². The average molecular weight is 495 g/mol. The van der Waals surface area contributed by atoms with Gasteiger partial charge in [0.25, 0.3) is 17.7 Å². The summed E-state index contributed by atoms with van der Waals surface area (Å²) < 4.78 is 27.0. The molecule has 0 saturated heterocycles. The molecular formula is C25H25N3O8. The second-order valence-corrected chi connectivity index (χ2v) is 8.24. The average Bonchev–Trinajstić information content (AvgIpc) is 3.46. The summed E-state index contributed by atoms with van der Waals surface area (Å²) >= 11 is 0. The molecule has 0 fully saturated rings. The smallest absolute Gasteiger partial charge is 0.330 e. The molecule has 1 unspecified atom stereocenters. The Balaban J connectivity index is 1.50. The first-order valence-corrected chi connectivity index (χ1v) is 11.1. The number of carbonyl (C=O) groups is 3. The Bertz CT molecular complexity index is 1260. The molecule has 2 aromatic carbocycles. The number of rotatable bonds is 9. The number of carbonyl (C=O) groups excluding carboxylic acids is 3. The minimum absolute atomic E-state index is 0.0250. The van der Waals surface area contributed by atoms with E-state index in [2.05, 4.69) is 10.2 Å². The van der Waals surface area contributed by atoms with Gasteiger partial charge in [-0.15, -0.1) is 10.2 Å². The summed E-state index contributed by atoms with van der Waals surface area (Å²) in [7, 11) is 4.46. The van der Waals surface area contributed by atoms with Gasteiger partial charge in [0.1, 0.15) is 6.04 Å². The molecule has 188 valence electrons. The maximum absolute atomic E-state index is 13.0. The lowest BCUT2D eigenvalue weighted by molar-refractivity contribution is -0.151. The van der Waals surface area contributed by atoms with Crippen LogP contribution in [0.4, 0.5) is 0 Å². The number of benzene rings is 2. The molecule has 0 bridgehead atoms. The molecule has 1 aliphatic rings. The SMILES string of the molecule is COc1cc(-c2nnc(COC(=O)C(C(C)C)N3C(=O)c4ccccc4C3=O)o2)cc(OC)c1OC. The number of esters is 1. The van der Waals surface area contributed by atoms with Crippen LogP contribution in [-0.4, -0.2) is 60.3 Å². The van der Waals surface area contributed by atoms with Crippen LogP contribution in [0.25, 0.3) is 11.5 Å². The quantitative estimate of drug-likeness (QED) is 0.322. The van der Waals surface area contributed by atoms with Crippen LogP contribution < -0.4 is 14.2 Å². The van der Waals surface area contributed by atoms with Crippen molar-refractivity contribution in [1.82, 2.24) is 15.1 Å². The fourth-order valence-corrected chi connectivity index (χ4v) is 3.99. The molecule has 2 heterocycles. The van der Waals surface area contributed by atoms with Crippen molar-refractivity contribution in [2.24, 2.45) is 5.92 Å². The maximum atomic E-state index is 13.0. The molecule has 0 radical (unpaired) electrons. The number of imide groups is 1. The summed E-state index contributed by atoms with van der Waals surface area (Å²) in [6, 6.07) is 8.61. The third-order valence-electron chi connectivity index (χ3n) is 5.69. The third kappa shape index (κ3) is 4.35. The summed E-state index contributed by atoms with van der Waals surface area (Å²) in [5.41, 5.74) is 1.02. The Morgan fingerprint density at radius 2 is 1.53 bits per heavy atom. The lowest BCUT2D eigenvalue weighted by Crippen LogP contribution is -2.48. The molecule has 36 heavy (non-hydrogen) atoms. The van der Waals surface area contributed by atoms with Crippen molar-refractivity contribution in [1.29, 1.82) is 0 Å². The maximum Gasteiger partial charge on any atom is 0.330 e. The summed E-state index contributed by atoms with van der Waals surface area (Å²) in [4.78, 5) is 39.7. The van der Waals surface area contributed by atoms with E-state index in [1.807, 2.05) is 0 Å². The fraction of sp³-hybridized carbons (Fsp3) is 0.320. The largest absolute Gasteiger partial charge is 0.493 e. The van der Waals surface area contributed by atoms with Crippen LogP contribution in [0.1, 0.15) is 40.5 Å². The molecule has 0 aliphatic carbocycles. The number of aromatic nitrogens is 2. The molecule has 11 heteroatoms. The van der Waals surface area contributed by atoms with E-state index in [1.165, 1.54) is 21.3 Å². The number of fused-ring (bicyclic) bond motifs is 1. The Hall–Kier alpha value is -4.41. The van der Waals surface area contributed by atoms with Gasteiger partial charge in [-0.1, -0.05) is 26.0 Å². The zero-order chi connectivity index (χ0) is 26.0. The van der Waals surface area contributed by atoms with Crippen LogP contribution in [0, 0.1) is 5.92 Å². The fourth-order valence-electron chi connectivity index (χ4n) is 3.99. The minimum Gasteiger partial charge on any atom is -0.493 e. The van der Waals surface area contributed by atoms with E-state index < -0.39 is 29.7 Å².